The second-order valence-corrected chi connectivity index (χ2v) is 7.58. The van der Waals surface area contributed by atoms with Crippen LogP contribution < -0.4 is 10.6 Å². The molecule has 0 fully saturated rings. The van der Waals surface area contributed by atoms with Crippen LogP contribution in [0.25, 0.3) is 0 Å². The normalized spacial score (nSPS) is 12.6. The molecule has 1 atom stereocenters. The van der Waals surface area contributed by atoms with Crippen LogP contribution in [0.3, 0.4) is 0 Å². The van der Waals surface area contributed by atoms with Crippen LogP contribution >= 0.6 is 47.1 Å². The van der Waals surface area contributed by atoms with E-state index in [2.05, 4.69) is 54.8 Å². The third-order valence-electron chi connectivity index (χ3n) is 3.06. The summed E-state index contributed by atoms with van der Waals surface area (Å²) >= 11 is 3.79. The number of aryl methyl sites for hydroxylation is 1. The number of nitrogens with one attached hydrogen (secondary N) is 2. The van der Waals surface area contributed by atoms with Crippen molar-refractivity contribution in [3.05, 3.63) is 21.9 Å². The fourth-order valence-corrected chi connectivity index (χ4v) is 3.56. The summed E-state index contributed by atoms with van der Waals surface area (Å²) in [4.78, 5) is 7.48. The molecule has 0 amide bonds. The number of hydrogen-bond donors (Lipinski definition) is 2. The topological polar surface area (TPSA) is 36.4 Å². The summed E-state index contributed by atoms with van der Waals surface area (Å²) in [6.45, 7) is 8.29. The van der Waals surface area contributed by atoms with Gasteiger partial charge in [0.1, 0.15) is 0 Å². The summed E-state index contributed by atoms with van der Waals surface area (Å²) in [5.41, 5.74) is 0. The van der Waals surface area contributed by atoms with Gasteiger partial charge < -0.3 is 10.6 Å². The average molecular weight is 455 g/mol. The molecule has 0 spiro atoms. The van der Waals surface area contributed by atoms with Gasteiger partial charge in [0, 0.05) is 35.3 Å². The highest BCUT2D eigenvalue weighted by atomic mass is 127. The van der Waals surface area contributed by atoms with Gasteiger partial charge in [-0.3, -0.25) is 4.99 Å². The third-order valence-corrected chi connectivity index (χ3v) is 4.78. The second kappa shape index (κ2) is 13.5. The monoisotopic (exact) mass is 455 g/mol. The largest absolute Gasteiger partial charge is 0.357 e. The number of unbranched alkanes of at least 4 members (excludes halogenated alkanes) is 1. The van der Waals surface area contributed by atoms with Gasteiger partial charge in [-0.25, -0.2) is 0 Å². The van der Waals surface area contributed by atoms with Crippen molar-refractivity contribution in [1.82, 2.24) is 10.6 Å². The van der Waals surface area contributed by atoms with E-state index in [1.807, 2.05) is 23.1 Å². The predicted molar refractivity (Wildman–Crippen MR) is 114 cm³/mol. The first-order valence-electron chi connectivity index (χ1n) is 7.74. The summed E-state index contributed by atoms with van der Waals surface area (Å²) < 4.78 is 0. The zero-order chi connectivity index (χ0) is 15.5. The van der Waals surface area contributed by atoms with Crippen LogP contribution in [0.1, 0.15) is 36.4 Å². The van der Waals surface area contributed by atoms with Gasteiger partial charge in [-0.1, -0.05) is 0 Å². The van der Waals surface area contributed by atoms with Crippen LogP contribution in [-0.4, -0.2) is 37.1 Å². The van der Waals surface area contributed by atoms with Gasteiger partial charge in [0.2, 0.25) is 0 Å². The zero-order valence-electron chi connectivity index (χ0n) is 14.1. The van der Waals surface area contributed by atoms with Crippen LogP contribution in [0.4, 0.5) is 0 Å². The van der Waals surface area contributed by atoms with E-state index in [0.29, 0.717) is 6.04 Å². The molecule has 1 unspecified atom stereocenters. The molecule has 0 aliphatic heterocycles. The number of thiophene rings is 1. The summed E-state index contributed by atoms with van der Waals surface area (Å²) in [6, 6.07) is 4.81. The van der Waals surface area contributed by atoms with Crippen molar-refractivity contribution in [3.63, 3.8) is 0 Å². The number of guanidine groups is 1. The SMILES string of the molecule is CCNC(=NCCCCSC)NC(C)Cc1ccc(C)s1.I. The minimum Gasteiger partial charge on any atom is -0.357 e. The molecule has 0 aliphatic carbocycles. The average Bonchev–Trinajstić information content (AvgIpc) is 2.83. The summed E-state index contributed by atoms with van der Waals surface area (Å²) in [7, 11) is 0. The number of thioether (sulfide) groups is 1. The fourth-order valence-electron chi connectivity index (χ4n) is 2.05. The first-order chi connectivity index (χ1) is 10.2. The van der Waals surface area contributed by atoms with Crippen molar-refractivity contribution >= 4 is 53.0 Å². The highest BCUT2D eigenvalue weighted by Crippen LogP contribution is 2.16. The van der Waals surface area contributed by atoms with Crippen molar-refractivity contribution in [2.75, 3.05) is 25.1 Å². The molecule has 22 heavy (non-hydrogen) atoms. The lowest BCUT2D eigenvalue weighted by atomic mass is 10.2. The Kier molecular flexibility index (Phi) is 13.5. The molecule has 6 heteroatoms. The predicted octanol–water partition coefficient (Wildman–Crippen LogP) is 4.30. The van der Waals surface area contributed by atoms with Gasteiger partial charge in [0.25, 0.3) is 0 Å². The number of aliphatic imine (C=N–C) groups is 1. The van der Waals surface area contributed by atoms with Gasteiger partial charge in [-0.2, -0.15) is 11.8 Å². The van der Waals surface area contributed by atoms with Crippen molar-refractivity contribution in [1.29, 1.82) is 0 Å². The molecule has 1 aromatic heterocycles. The summed E-state index contributed by atoms with van der Waals surface area (Å²) in [6.07, 6.45) is 5.61. The molecule has 0 saturated heterocycles. The van der Waals surface area contributed by atoms with E-state index in [0.717, 1.165) is 31.9 Å². The van der Waals surface area contributed by atoms with Crippen LogP contribution in [0.5, 0.6) is 0 Å². The minimum absolute atomic E-state index is 0. The molecule has 0 saturated carbocycles. The Morgan fingerprint density at radius 3 is 2.73 bits per heavy atom. The Bertz CT molecular complexity index is 421. The highest BCUT2D eigenvalue weighted by Gasteiger charge is 2.07. The lowest BCUT2D eigenvalue weighted by Gasteiger charge is -2.17. The zero-order valence-corrected chi connectivity index (χ0v) is 18.1. The maximum absolute atomic E-state index is 4.66. The minimum atomic E-state index is 0. The summed E-state index contributed by atoms with van der Waals surface area (Å²) in [5.74, 6) is 2.18. The lowest BCUT2D eigenvalue weighted by Crippen LogP contribution is -2.43. The molecule has 128 valence electrons. The van der Waals surface area contributed by atoms with E-state index in [1.54, 1.807) is 0 Å². The van der Waals surface area contributed by atoms with E-state index in [4.69, 9.17) is 0 Å². The van der Waals surface area contributed by atoms with Crippen LogP contribution in [0.2, 0.25) is 0 Å². The van der Waals surface area contributed by atoms with E-state index in [9.17, 15) is 0 Å². The van der Waals surface area contributed by atoms with Crippen molar-refractivity contribution < 1.29 is 0 Å². The maximum Gasteiger partial charge on any atom is 0.191 e. The standard InChI is InChI=1S/C16H29N3S2.HI/c1-5-17-16(18-10-6-7-11-20-4)19-13(2)12-15-9-8-14(3)21-15;/h8-9,13H,5-7,10-12H2,1-4H3,(H2,17,18,19);1H. The Morgan fingerprint density at radius 2 is 2.14 bits per heavy atom. The number of hydrogen-bond acceptors (Lipinski definition) is 3. The van der Waals surface area contributed by atoms with E-state index < -0.39 is 0 Å². The van der Waals surface area contributed by atoms with Crippen molar-refractivity contribution in [2.24, 2.45) is 4.99 Å². The van der Waals surface area contributed by atoms with E-state index in [1.165, 1.54) is 21.9 Å². The van der Waals surface area contributed by atoms with Crippen LogP contribution in [-0.2, 0) is 6.42 Å². The Hall–Kier alpha value is 0.0500. The van der Waals surface area contributed by atoms with Crippen molar-refractivity contribution in [3.8, 4) is 0 Å². The van der Waals surface area contributed by atoms with Crippen LogP contribution in [0, 0.1) is 6.92 Å². The van der Waals surface area contributed by atoms with Gasteiger partial charge in [0.05, 0.1) is 0 Å². The van der Waals surface area contributed by atoms with E-state index in [-0.39, 0.29) is 24.0 Å². The van der Waals surface area contributed by atoms with Gasteiger partial charge in [0.15, 0.2) is 5.96 Å². The highest BCUT2D eigenvalue weighted by molar-refractivity contribution is 14.0. The molecule has 0 bridgehead atoms. The number of rotatable bonds is 9. The maximum atomic E-state index is 4.66. The molecule has 0 radical (unpaired) electrons. The number of nitrogens with zero attached hydrogens (tertiary/aromatic N) is 1. The third kappa shape index (κ3) is 9.94. The first-order valence-corrected chi connectivity index (χ1v) is 9.95. The quantitative estimate of drug-likeness (QED) is 0.252. The van der Waals surface area contributed by atoms with Gasteiger partial charge in [-0.05, 0) is 57.8 Å². The first kappa shape index (κ1) is 22.1. The molecule has 1 heterocycles. The smallest absolute Gasteiger partial charge is 0.191 e. The molecule has 0 aliphatic rings. The Labute approximate surface area is 161 Å². The molecular formula is C16H30IN3S2. The molecular weight excluding hydrogens is 425 g/mol. The Morgan fingerprint density at radius 1 is 1.36 bits per heavy atom. The van der Waals surface area contributed by atoms with Gasteiger partial charge in [-0.15, -0.1) is 35.3 Å². The molecule has 0 aromatic carbocycles. The van der Waals surface area contributed by atoms with E-state index >= 15 is 0 Å². The number of halogens is 1. The Balaban J connectivity index is 0.00000441. The fraction of sp³-hybridized carbons (Fsp3) is 0.688. The summed E-state index contributed by atoms with van der Waals surface area (Å²) in [5, 5.41) is 6.84. The lowest BCUT2D eigenvalue weighted by molar-refractivity contribution is 0.643. The van der Waals surface area contributed by atoms with Gasteiger partial charge >= 0.3 is 0 Å². The van der Waals surface area contributed by atoms with Crippen LogP contribution in [0.15, 0.2) is 17.1 Å². The van der Waals surface area contributed by atoms with Crippen molar-refractivity contribution in [2.45, 2.75) is 46.1 Å². The molecule has 2 N–H and O–H groups in total. The molecule has 3 nitrogen and oxygen atoms in total. The molecule has 1 aromatic rings. The second-order valence-electron chi connectivity index (χ2n) is 5.22. The molecule has 1 rings (SSSR count).